The van der Waals surface area contributed by atoms with E-state index in [-0.39, 0.29) is 5.91 Å². The lowest BCUT2D eigenvalue weighted by atomic mass is 10.1. The van der Waals surface area contributed by atoms with E-state index in [0.717, 1.165) is 42.5 Å². The number of amides is 1. The molecule has 1 amide bonds. The van der Waals surface area contributed by atoms with Gasteiger partial charge >= 0.3 is 6.18 Å². The number of aromatic nitrogens is 1. The van der Waals surface area contributed by atoms with Gasteiger partial charge in [0.1, 0.15) is 0 Å². The van der Waals surface area contributed by atoms with E-state index in [2.05, 4.69) is 15.3 Å². The second kappa shape index (κ2) is 8.22. The molecule has 0 radical (unpaired) electrons. The SMILES string of the molecule is Cc1nc(CN2CCN(C(=O)C=Cc3ccc(C(F)(F)F)cc3)CC2)cs1. The van der Waals surface area contributed by atoms with E-state index in [9.17, 15) is 18.0 Å². The summed E-state index contributed by atoms with van der Waals surface area (Å²) >= 11 is 1.63. The molecule has 1 aromatic carbocycles. The van der Waals surface area contributed by atoms with Crippen LogP contribution in [0.4, 0.5) is 13.2 Å². The highest BCUT2D eigenvalue weighted by atomic mass is 32.1. The molecule has 4 nitrogen and oxygen atoms in total. The Bertz CT molecular complexity index is 806. The number of alkyl halides is 3. The molecule has 1 fully saturated rings. The summed E-state index contributed by atoms with van der Waals surface area (Å²) in [6.07, 6.45) is -1.38. The first-order valence-electron chi connectivity index (χ1n) is 8.59. The zero-order chi connectivity index (χ0) is 19.4. The number of hydrogen-bond donors (Lipinski definition) is 0. The van der Waals surface area contributed by atoms with Crippen LogP contribution in [0.25, 0.3) is 6.08 Å². The van der Waals surface area contributed by atoms with Crippen LogP contribution in [0.5, 0.6) is 0 Å². The van der Waals surface area contributed by atoms with Crippen LogP contribution in [0.2, 0.25) is 0 Å². The summed E-state index contributed by atoms with van der Waals surface area (Å²) in [5.41, 5.74) is 0.922. The summed E-state index contributed by atoms with van der Waals surface area (Å²) in [6, 6.07) is 4.76. The van der Waals surface area contributed by atoms with E-state index >= 15 is 0 Å². The van der Waals surface area contributed by atoms with Gasteiger partial charge in [0.25, 0.3) is 0 Å². The lowest BCUT2D eigenvalue weighted by molar-refractivity contribution is -0.137. The molecule has 27 heavy (non-hydrogen) atoms. The van der Waals surface area contributed by atoms with Crippen LogP contribution >= 0.6 is 11.3 Å². The Labute approximate surface area is 159 Å². The number of piperazine rings is 1. The van der Waals surface area contributed by atoms with Crippen molar-refractivity contribution in [2.45, 2.75) is 19.6 Å². The second-order valence-electron chi connectivity index (χ2n) is 6.41. The number of hydrogen-bond acceptors (Lipinski definition) is 4. The summed E-state index contributed by atoms with van der Waals surface area (Å²) in [6.45, 7) is 5.56. The lowest BCUT2D eigenvalue weighted by Gasteiger charge is -2.33. The molecule has 3 rings (SSSR count). The third kappa shape index (κ3) is 5.40. The number of aryl methyl sites for hydroxylation is 1. The monoisotopic (exact) mass is 395 g/mol. The van der Waals surface area contributed by atoms with Gasteiger partial charge in [-0.05, 0) is 30.7 Å². The predicted octanol–water partition coefficient (Wildman–Crippen LogP) is 3.83. The van der Waals surface area contributed by atoms with Crippen molar-refractivity contribution in [1.82, 2.24) is 14.8 Å². The highest BCUT2D eigenvalue weighted by Crippen LogP contribution is 2.29. The van der Waals surface area contributed by atoms with Crippen LogP contribution in [0.1, 0.15) is 21.8 Å². The fourth-order valence-corrected chi connectivity index (χ4v) is 3.50. The van der Waals surface area contributed by atoms with Gasteiger partial charge in [0.2, 0.25) is 5.91 Å². The Balaban J connectivity index is 1.49. The fraction of sp³-hybridized carbons (Fsp3) is 0.368. The summed E-state index contributed by atoms with van der Waals surface area (Å²) in [5.74, 6) is -0.126. The van der Waals surface area contributed by atoms with Crippen molar-refractivity contribution in [3.8, 4) is 0 Å². The Kier molecular flexibility index (Phi) is 5.96. The second-order valence-corrected chi connectivity index (χ2v) is 7.47. The predicted molar refractivity (Wildman–Crippen MR) is 99.2 cm³/mol. The highest BCUT2D eigenvalue weighted by molar-refractivity contribution is 7.09. The third-order valence-corrected chi connectivity index (χ3v) is 5.21. The maximum atomic E-state index is 12.6. The summed E-state index contributed by atoms with van der Waals surface area (Å²) in [4.78, 5) is 20.8. The molecule has 1 saturated heterocycles. The number of thiazole rings is 1. The number of halogens is 3. The van der Waals surface area contributed by atoms with Gasteiger partial charge in [0.15, 0.2) is 0 Å². The van der Waals surface area contributed by atoms with Gasteiger partial charge in [0, 0.05) is 44.2 Å². The Morgan fingerprint density at radius 1 is 1.19 bits per heavy atom. The molecule has 1 aliphatic heterocycles. The number of carbonyl (C=O) groups is 1. The Hall–Kier alpha value is -2.19. The first kappa shape index (κ1) is 19.6. The summed E-state index contributed by atoms with van der Waals surface area (Å²) in [7, 11) is 0. The number of rotatable bonds is 4. The first-order chi connectivity index (χ1) is 12.8. The van der Waals surface area contributed by atoms with Crippen molar-refractivity contribution in [3.63, 3.8) is 0 Å². The van der Waals surface area contributed by atoms with Crippen LogP contribution < -0.4 is 0 Å². The molecular weight excluding hydrogens is 375 g/mol. The third-order valence-electron chi connectivity index (χ3n) is 4.39. The normalized spacial score (nSPS) is 16.2. The van der Waals surface area contributed by atoms with Crippen LogP contribution in [0.3, 0.4) is 0 Å². The molecule has 0 aliphatic carbocycles. The van der Waals surface area contributed by atoms with Crippen LogP contribution in [0, 0.1) is 6.92 Å². The lowest BCUT2D eigenvalue weighted by Crippen LogP contribution is -2.47. The molecule has 144 valence electrons. The Morgan fingerprint density at radius 3 is 2.41 bits per heavy atom. The average Bonchev–Trinajstić information content (AvgIpc) is 3.04. The van der Waals surface area contributed by atoms with Crippen molar-refractivity contribution in [3.05, 3.63) is 57.6 Å². The van der Waals surface area contributed by atoms with E-state index in [1.54, 1.807) is 22.3 Å². The van der Waals surface area contributed by atoms with Gasteiger partial charge in [-0.3, -0.25) is 9.69 Å². The fourth-order valence-electron chi connectivity index (χ4n) is 2.89. The molecule has 1 aromatic heterocycles. The molecule has 0 unspecified atom stereocenters. The van der Waals surface area contributed by atoms with Crippen molar-refractivity contribution >= 4 is 23.3 Å². The van der Waals surface area contributed by atoms with Gasteiger partial charge in [-0.2, -0.15) is 13.2 Å². The molecule has 2 aromatic rings. The number of nitrogens with zero attached hydrogens (tertiary/aromatic N) is 3. The molecule has 0 N–H and O–H groups in total. The summed E-state index contributed by atoms with van der Waals surface area (Å²) in [5, 5.41) is 3.10. The zero-order valence-corrected chi connectivity index (χ0v) is 15.7. The molecular formula is C19H20F3N3OS. The van der Waals surface area contributed by atoms with Gasteiger partial charge in [-0.1, -0.05) is 12.1 Å². The molecule has 0 atom stereocenters. The van der Waals surface area contributed by atoms with Crippen LogP contribution in [0.15, 0.2) is 35.7 Å². The standard InChI is InChI=1S/C19H20F3N3OS/c1-14-23-17(13-27-14)12-24-8-10-25(11-9-24)18(26)7-4-15-2-5-16(6-3-15)19(20,21)22/h2-7,13H,8-12H2,1H3. The van der Waals surface area contributed by atoms with Crippen molar-refractivity contribution in [2.75, 3.05) is 26.2 Å². The minimum absolute atomic E-state index is 0.126. The topological polar surface area (TPSA) is 36.4 Å². The minimum atomic E-state index is -4.35. The van der Waals surface area contributed by atoms with E-state index in [1.165, 1.54) is 18.2 Å². The van der Waals surface area contributed by atoms with Gasteiger partial charge in [0.05, 0.1) is 16.3 Å². The summed E-state index contributed by atoms with van der Waals surface area (Å²) < 4.78 is 37.7. The quantitative estimate of drug-likeness (QED) is 0.739. The largest absolute Gasteiger partial charge is 0.416 e. The average molecular weight is 395 g/mol. The smallest absolute Gasteiger partial charge is 0.337 e. The number of benzene rings is 1. The maximum absolute atomic E-state index is 12.6. The highest BCUT2D eigenvalue weighted by Gasteiger charge is 2.29. The van der Waals surface area contributed by atoms with Crippen molar-refractivity contribution < 1.29 is 18.0 Å². The van der Waals surface area contributed by atoms with E-state index in [4.69, 9.17) is 0 Å². The maximum Gasteiger partial charge on any atom is 0.416 e. The zero-order valence-electron chi connectivity index (χ0n) is 14.9. The molecule has 0 bridgehead atoms. The van der Waals surface area contributed by atoms with E-state index < -0.39 is 11.7 Å². The van der Waals surface area contributed by atoms with Gasteiger partial charge in [-0.25, -0.2) is 4.98 Å². The molecule has 0 saturated carbocycles. The minimum Gasteiger partial charge on any atom is -0.337 e. The van der Waals surface area contributed by atoms with Crippen molar-refractivity contribution in [2.24, 2.45) is 0 Å². The molecule has 2 heterocycles. The van der Waals surface area contributed by atoms with E-state index in [1.807, 2.05) is 6.92 Å². The molecule has 1 aliphatic rings. The number of carbonyl (C=O) groups excluding carboxylic acids is 1. The first-order valence-corrected chi connectivity index (χ1v) is 9.47. The Morgan fingerprint density at radius 2 is 1.85 bits per heavy atom. The van der Waals surface area contributed by atoms with Gasteiger partial charge in [-0.15, -0.1) is 11.3 Å². The van der Waals surface area contributed by atoms with Gasteiger partial charge < -0.3 is 4.90 Å². The van der Waals surface area contributed by atoms with Crippen LogP contribution in [-0.2, 0) is 17.5 Å². The molecule has 8 heteroatoms. The molecule has 0 spiro atoms. The van der Waals surface area contributed by atoms with E-state index in [0.29, 0.717) is 18.7 Å². The van der Waals surface area contributed by atoms with Crippen LogP contribution in [-0.4, -0.2) is 46.9 Å². The van der Waals surface area contributed by atoms with Crippen molar-refractivity contribution in [1.29, 1.82) is 0 Å².